The molecule has 0 heterocycles. The fraction of sp³-hybridized carbons (Fsp3) is 0.333. The molecule has 0 aliphatic rings. The van der Waals surface area contributed by atoms with Gasteiger partial charge in [0.15, 0.2) is 0 Å². The van der Waals surface area contributed by atoms with Crippen molar-refractivity contribution < 1.29 is 13.9 Å². The first-order valence-corrected chi connectivity index (χ1v) is 5.19. The Labute approximate surface area is 98.8 Å². The first kappa shape index (κ1) is 13.1. The summed E-state index contributed by atoms with van der Waals surface area (Å²) in [7, 11) is 0. The highest BCUT2D eigenvalue weighted by atomic mass is 19.1. The van der Waals surface area contributed by atoms with E-state index >= 15 is 0 Å². The minimum atomic E-state index is -0.542. The van der Waals surface area contributed by atoms with Gasteiger partial charge in [-0.15, -0.1) is 0 Å². The van der Waals surface area contributed by atoms with E-state index in [0.717, 1.165) is 0 Å². The van der Waals surface area contributed by atoms with E-state index in [1.165, 1.54) is 12.1 Å². The van der Waals surface area contributed by atoms with Crippen molar-refractivity contribution in [2.45, 2.75) is 19.9 Å². The molecule has 0 aliphatic carbocycles. The number of carbonyl (C=O) groups is 1. The Morgan fingerprint density at radius 2 is 2.18 bits per heavy atom. The standard InChI is InChI=1S/C12H13FN2O2/c1-2-17-11(16)5-9-3-8(6-14)4-10(7-15)12(9)13/h3-4H,2,5,7,15H2,1H3. The largest absolute Gasteiger partial charge is 0.466 e. The first-order chi connectivity index (χ1) is 8.12. The van der Waals surface area contributed by atoms with Gasteiger partial charge in [-0.25, -0.2) is 4.39 Å². The molecule has 0 atom stereocenters. The van der Waals surface area contributed by atoms with Gasteiger partial charge in [0.2, 0.25) is 0 Å². The molecule has 5 heteroatoms. The van der Waals surface area contributed by atoms with E-state index in [1.54, 1.807) is 6.92 Å². The predicted molar refractivity (Wildman–Crippen MR) is 59.3 cm³/mol. The molecular formula is C12H13FN2O2. The molecule has 0 saturated heterocycles. The van der Waals surface area contributed by atoms with Crippen LogP contribution in [-0.4, -0.2) is 12.6 Å². The van der Waals surface area contributed by atoms with Gasteiger partial charge in [0.1, 0.15) is 5.82 Å². The fourth-order valence-electron chi connectivity index (χ4n) is 1.46. The number of nitrogens with zero attached hydrogens (tertiary/aromatic N) is 1. The highest BCUT2D eigenvalue weighted by molar-refractivity contribution is 5.73. The highest BCUT2D eigenvalue weighted by Gasteiger charge is 2.13. The van der Waals surface area contributed by atoms with Gasteiger partial charge >= 0.3 is 5.97 Å². The zero-order chi connectivity index (χ0) is 12.8. The minimum absolute atomic E-state index is 0.0167. The summed E-state index contributed by atoms with van der Waals surface area (Å²) in [6.07, 6.45) is -0.192. The molecule has 0 bridgehead atoms. The summed E-state index contributed by atoms with van der Waals surface area (Å²) in [5, 5.41) is 8.78. The van der Waals surface area contributed by atoms with Crippen molar-refractivity contribution in [3.8, 4) is 6.07 Å². The van der Waals surface area contributed by atoms with Gasteiger partial charge in [0.05, 0.1) is 24.7 Å². The quantitative estimate of drug-likeness (QED) is 0.798. The third kappa shape index (κ3) is 3.26. The van der Waals surface area contributed by atoms with E-state index in [0.29, 0.717) is 0 Å². The average Bonchev–Trinajstić information content (AvgIpc) is 2.32. The lowest BCUT2D eigenvalue weighted by Crippen LogP contribution is -2.11. The second kappa shape index (κ2) is 5.97. The number of ether oxygens (including phenoxy) is 1. The fourth-order valence-corrected chi connectivity index (χ4v) is 1.46. The summed E-state index contributed by atoms with van der Waals surface area (Å²) in [4.78, 5) is 11.3. The third-order valence-electron chi connectivity index (χ3n) is 2.21. The van der Waals surface area contributed by atoms with Gasteiger partial charge in [0.25, 0.3) is 0 Å². The molecule has 0 radical (unpaired) electrons. The van der Waals surface area contributed by atoms with Crippen molar-refractivity contribution in [2.24, 2.45) is 5.73 Å². The topological polar surface area (TPSA) is 76.1 Å². The molecule has 0 fully saturated rings. The van der Waals surface area contributed by atoms with Gasteiger partial charge in [-0.2, -0.15) is 5.26 Å². The molecular weight excluding hydrogens is 223 g/mol. The normalized spacial score (nSPS) is 9.76. The monoisotopic (exact) mass is 236 g/mol. The number of nitriles is 1. The van der Waals surface area contributed by atoms with Gasteiger partial charge < -0.3 is 10.5 Å². The first-order valence-electron chi connectivity index (χ1n) is 5.19. The molecule has 0 amide bonds. The van der Waals surface area contributed by atoms with Crippen molar-refractivity contribution in [1.29, 1.82) is 5.26 Å². The number of carbonyl (C=O) groups excluding carboxylic acids is 1. The maximum Gasteiger partial charge on any atom is 0.310 e. The Bertz CT molecular complexity index is 466. The van der Waals surface area contributed by atoms with E-state index in [2.05, 4.69) is 0 Å². The zero-order valence-corrected chi connectivity index (χ0v) is 9.50. The van der Waals surface area contributed by atoms with E-state index < -0.39 is 11.8 Å². The molecule has 1 rings (SSSR count). The maximum atomic E-state index is 13.8. The third-order valence-corrected chi connectivity index (χ3v) is 2.21. The van der Waals surface area contributed by atoms with E-state index in [9.17, 15) is 9.18 Å². The van der Waals surface area contributed by atoms with Gasteiger partial charge in [-0.1, -0.05) is 0 Å². The van der Waals surface area contributed by atoms with Crippen LogP contribution in [-0.2, 0) is 22.5 Å². The molecule has 0 spiro atoms. The lowest BCUT2D eigenvalue weighted by Gasteiger charge is -2.07. The Kier molecular flexibility index (Phi) is 4.61. The molecule has 0 saturated carbocycles. The molecule has 1 aromatic carbocycles. The van der Waals surface area contributed by atoms with Crippen LogP contribution in [0.15, 0.2) is 12.1 Å². The van der Waals surface area contributed by atoms with Gasteiger partial charge in [0, 0.05) is 17.7 Å². The lowest BCUT2D eigenvalue weighted by atomic mass is 10.0. The van der Waals surface area contributed by atoms with Crippen LogP contribution in [0.2, 0.25) is 0 Å². The van der Waals surface area contributed by atoms with Crippen LogP contribution in [0.3, 0.4) is 0 Å². The average molecular weight is 236 g/mol. The highest BCUT2D eigenvalue weighted by Crippen LogP contribution is 2.16. The molecule has 1 aromatic rings. The SMILES string of the molecule is CCOC(=O)Cc1cc(C#N)cc(CN)c1F. The van der Waals surface area contributed by atoms with E-state index in [1.807, 2.05) is 6.07 Å². The van der Waals surface area contributed by atoms with Crippen LogP contribution in [0.5, 0.6) is 0 Å². The minimum Gasteiger partial charge on any atom is -0.466 e. The van der Waals surface area contributed by atoms with Crippen LogP contribution in [0, 0.1) is 17.1 Å². The van der Waals surface area contributed by atoms with E-state index in [4.69, 9.17) is 15.7 Å². The molecule has 0 aromatic heterocycles. The Hall–Kier alpha value is -1.93. The Morgan fingerprint density at radius 3 is 2.71 bits per heavy atom. The number of rotatable bonds is 4. The molecule has 90 valence electrons. The van der Waals surface area contributed by atoms with Crippen molar-refractivity contribution in [1.82, 2.24) is 0 Å². The number of esters is 1. The van der Waals surface area contributed by atoms with Crippen LogP contribution in [0.25, 0.3) is 0 Å². The van der Waals surface area contributed by atoms with Crippen LogP contribution in [0.4, 0.5) is 4.39 Å². The Morgan fingerprint density at radius 1 is 1.53 bits per heavy atom. The molecule has 0 unspecified atom stereocenters. The van der Waals surface area contributed by atoms with Crippen molar-refractivity contribution in [2.75, 3.05) is 6.61 Å². The zero-order valence-electron chi connectivity index (χ0n) is 9.50. The van der Waals surface area contributed by atoms with Crippen LogP contribution < -0.4 is 5.73 Å². The van der Waals surface area contributed by atoms with Crippen LogP contribution in [0.1, 0.15) is 23.6 Å². The number of hydrogen-bond donors (Lipinski definition) is 1. The summed E-state index contributed by atoms with van der Waals surface area (Å²) >= 11 is 0. The smallest absolute Gasteiger partial charge is 0.310 e. The number of nitrogens with two attached hydrogens (primary N) is 1. The molecule has 4 nitrogen and oxygen atoms in total. The van der Waals surface area contributed by atoms with Crippen LogP contribution >= 0.6 is 0 Å². The van der Waals surface area contributed by atoms with Gasteiger partial charge in [-0.3, -0.25) is 4.79 Å². The maximum absolute atomic E-state index is 13.8. The molecule has 0 aliphatic heterocycles. The van der Waals surface area contributed by atoms with Crippen molar-refractivity contribution >= 4 is 5.97 Å². The summed E-state index contributed by atoms with van der Waals surface area (Å²) in [6, 6.07) is 4.62. The van der Waals surface area contributed by atoms with E-state index in [-0.39, 0.29) is 36.3 Å². The lowest BCUT2D eigenvalue weighted by molar-refractivity contribution is -0.142. The summed E-state index contributed by atoms with van der Waals surface area (Å²) in [6.45, 7) is 1.89. The van der Waals surface area contributed by atoms with Crippen molar-refractivity contribution in [3.05, 3.63) is 34.6 Å². The number of halogens is 1. The molecule has 17 heavy (non-hydrogen) atoms. The second-order valence-corrected chi connectivity index (χ2v) is 3.41. The summed E-state index contributed by atoms with van der Waals surface area (Å²) in [5.41, 5.74) is 6.02. The summed E-state index contributed by atoms with van der Waals surface area (Å²) in [5.74, 6) is -1.07. The number of hydrogen-bond acceptors (Lipinski definition) is 4. The second-order valence-electron chi connectivity index (χ2n) is 3.41. The summed E-state index contributed by atoms with van der Waals surface area (Å²) < 4.78 is 18.5. The molecule has 2 N–H and O–H groups in total. The predicted octanol–water partition coefficient (Wildman–Crippen LogP) is 1.26. The Balaban J connectivity index is 3.06. The number of benzene rings is 1. The van der Waals surface area contributed by atoms with Gasteiger partial charge in [-0.05, 0) is 19.1 Å². The van der Waals surface area contributed by atoms with Crippen molar-refractivity contribution in [3.63, 3.8) is 0 Å².